The number of hydrogen-bond donors (Lipinski definition) is 0. The SMILES string of the molecule is O=C1CCCc2c1c(-c1cc(F)cc(F)c1)nn2-c1ccccc1. The first-order valence-electron chi connectivity index (χ1n) is 7.80. The standard InChI is InChI=1S/C19H14F2N2O/c20-13-9-12(10-14(21)11-13)19-18-16(7-4-8-17(18)24)23(22-19)15-5-2-1-3-6-15/h1-3,5-6,9-11H,4,7-8H2. The van der Waals surface area contributed by atoms with Crippen LogP contribution in [0.3, 0.4) is 0 Å². The molecule has 2 aromatic carbocycles. The van der Waals surface area contributed by atoms with Gasteiger partial charge in [-0.25, -0.2) is 13.5 Å². The summed E-state index contributed by atoms with van der Waals surface area (Å²) in [6, 6.07) is 12.7. The predicted molar refractivity (Wildman–Crippen MR) is 86.2 cm³/mol. The first-order chi connectivity index (χ1) is 11.6. The molecule has 0 bridgehead atoms. The first-order valence-corrected chi connectivity index (χ1v) is 7.80. The summed E-state index contributed by atoms with van der Waals surface area (Å²) in [6.07, 6.45) is 1.89. The third-order valence-corrected chi connectivity index (χ3v) is 4.21. The predicted octanol–water partition coefficient (Wildman–Crippen LogP) is 4.34. The lowest BCUT2D eigenvalue weighted by molar-refractivity contribution is 0.0972. The number of fused-ring (bicyclic) bond motifs is 1. The molecule has 0 unspecified atom stereocenters. The molecule has 24 heavy (non-hydrogen) atoms. The third kappa shape index (κ3) is 2.42. The molecule has 3 aromatic rings. The van der Waals surface area contributed by atoms with Crippen molar-refractivity contribution in [2.75, 3.05) is 0 Å². The molecule has 1 aliphatic carbocycles. The number of nitrogens with zero attached hydrogens (tertiary/aromatic N) is 2. The van der Waals surface area contributed by atoms with E-state index in [0.717, 1.165) is 23.9 Å². The van der Waals surface area contributed by atoms with Gasteiger partial charge in [0, 0.05) is 18.1 Å². The lowest BCUT2D eigenvalue weighted by Crippen LogP contribution is -2.13. The number of carbonyl (C=O) groups is 1. The maximum atomic E-state index is 13.6. The van der Waals surface area contributed by atoms with Gasteiger partial charge in [-0.3, -0.25) is 4.79 Å². The maximum Gasteiger partial charge on any atom is 0.166 e. The number of aromatic nitrogens is 2. The number of halogens is 2. The molecular weight excluding hydrogens is 310 g/mol. The summed E-state index contributed by atoms with van der Waals surface area (Å²) in [6.45, 7) is 0. The fourth-order valence-electron chi connectivity index (χ4n) is 3.19. The Bertz CT molecular complexity index is 912. The van der Waals surface area contributed by atoms with Crippen molar-refractivity contribution < 1.29 is 13.6 Å². The second-order valence-electron chi connectivity index (χ2n) is 5.85. The van der Waals surface area contributed by atoms with Gasteiger partial charge >= 0.3 is 0 Å². The summed E-state index contributed by atoms with van der Waals surface area (Å²) in [7, 11) is 0. The molecule has 0 saturated carbocycles. The molecule has 4 rings (SSSR count). The van der Waals surface area contributed by atoms with Crippen LogP contribution in [-0.2, 0) is 6.42 Å². The largest absolute Gasteiger partial charge is 0.294 e. The second kappa shape index (κ2) is 5.67. The van der Waals surface area contributed by atoms with E-state index in [-0.39, 0.29) is 11.3 Å². The van der Waals surface area contributed by atoms with Crippen molar-refractivity contribution in [3.05, 3.63) is 71.4 Å². The number of Topliss-reactive ketones (excluding diaryl/α,β-unsaturated/α-hetero) is 1. The van der Waals surface area contributed by atoms with E-state index < -0.39 is 11.6 Å². The monoisotopic (exact) mass is 324 g/mol. The summed E-state index contributed by atoms with van der Waals surface area (Å²) in [4.78, 5) is 12.5. The van der Waals surface area contributed by atoms with Crippen LogP contribution in [0, 0.1) is 11.6 Å². The lowest BCUT2D eigenvalue weighted by atomic mass is 9.92. The van der Waals surface area contributed by atoms with E-state index in [1.165, 1.54) is 12.1 Å². The van der Waals surface area contributed by atoms with Gasteiger partial charge in [0.15, 0.2) is 5.78 Å². The molecule has 1 aliphatic rings. The number of para-hydroxylation sites is 1. The highest BCUT2D eigenvalue weighted by molar-refractivity contribution is 6.03. The van der Waals surface area contributed by atoms with E-state index in [1.807, 2.05) is 30.3 Å². The average molecular weight is 324 g/mol. The molecule has 5 heteroatoms. The second-order valence-corrected chi connectivity index (χ2v) is 5.85. The van der Waals surface area contributed by atoms with Crippen LogP contribution >= 0.6 is 0 Å². The minimum Gasteiger partial charge on any atom is -0.294 e. The zero-order valence-electron chi connectivity index (χ0n) is 12.8. The van der Waals surface area contributed by atoms with Gasteiger partial charge in [0.2, 0.25) is 0 Å². The fraction of sp³-hybridized carbons (Fsp3) is 0.158. The van der Waals surface area contributed by atoms with Gasteiger partial charge in [0.05, 0.1) is 16.9 Å². The van der Waals surface area contributed by atoms with Crippen LogP contribution in [0.4, 0.5) is 8.78 Å². The molecule has 0 aliphatic heterocycles. The third-order valence-electron chi connectivity index (χ3n) is 4.21. The van der Waals surface area contributed by atoms with Crippen molar-refractivity contribution in [2.24, 2.45) is 0 Å². The van der Waals surface area contributed by atoms with E-state index in [2.05, 4.69) is 5.10 Å². The summed E-state index contributed by atoms with van der Waals surface area (Å²) < 4.78 is 28.9. The molecule has 0 atom stereocenters. The first kappa shape index (κ1) is 14.8. The molecule has 0 amide bonds. The van der Waals surface area contributed by atoms with Crippen LogP contribution in [0.5, 0.6) is 0 Å². The molecule has 0 fully saturated rings. The van der Waals surface area contributed by atoms with Gasteiger partial charge in [0.1, 0.15) is 17.3 Å². The Labute approximate surface area is 137 Å². The highest BCUT2D eigenvalue weighted by Crippen LogP contribution is 2.33. The topological polar surface area (TPSA) is 34.9 Å². The Morgan fingerprint density at radius 3 is 2.38 bits per heavy atom. The van der Waals surface area contributed by atoms with E-state index in [1.54, 1.807) is 4.68 Å². The molecule has 0 N–H and O–H groups in total. The zero-order valence-corrected chi connectivity index (χ0v) is 12.8. The molecule has 1 heterocycles. The Hall–Kier alpha value is -2.82. The Balaban J connectivity index is 1.98. The summed E-state index contributed by atoms with van der Waals surface area (Å²) in [5.41, 5.74) is 2.74. The molecule has 0 radical (unpaired) electrons. The lowest BCUT2D eigenvalue weighted by Gasteiger charge is -2.13. The Morgan fingerprint density at radius 2 is 1.67 bits per heavy atom. The Kier molecular flexibility index (Phi) is 3.49. The summed E-state index contributed by atoms with van der Waals surface area (Å²) >= 11 is 0. The van der Waals surface area contributed by atoms with Crippen molar-refractivity contribution in [1.82, 2.24) is 9.78 Å². The van der Waals surface area contributed by atoms with Crippen LogP contribution in [0.25, 0.3) is 16.9 Å². The van der Waals surface area contributed by atoms with Crippen LogP contribution < -0.4 is 0 Å². The molecule has 120 valence electrons. The number of carbonyl (C=O) groups excluding carboxylic acids is 1. The van der Waals surface area contributed by atoms with Gasteiger partial charge in [0.25, 0.3) is 0 Å². The van der Waals surface area contributed by atoms with Crippen molar-refractivity contribution in [3.63, 3.8) is 0 Å². The van der Waals surface area contributed by atoms with Gasteiger partial charge in [-0.05, 0) is 37.1 Å². The minimum absolute atomic E-state index is 0.0295. The van der Waals surface area contributed by atoms with Gasteiger partial charge < -0.3 is 0 Å². The van der Waals surface area contributed by atoms with E-state index in [4.69, 9.17) is 0 Å². The van der Waals surface area contributed by atoms with Crippen molar-refractivity contribution >= 4 is 5.78 Å². The van der Waals surface area contributed by atoms with E-state index in [0.29, 0.717) is 24.1 Å². The molecular formula is C19H14F2N2O. The van der Waals surface area contributed by atoms with E-state index >= 15 is 0 Å². The van der Waals surface area contributed by atoms with Crippen LogP contribution in [0.15, 0.2) is 48.5 Å². The van der Waals surface area contributed by atoms with Crippen LogP contribution in [0.1, 0.15) is 28.9 Å². The van der Waals surface area contributed by atoms with E-state index in [9.17, 15) is 13.6 Å². The number of ketones is 1. The zero-order chi connectivity index (χ0) is 16.7. The minimum atomic E-state index is -0.684. The molecule has 1 aromatic heterocycles. The molecule has 3 nitrogen and oxygen atoms in total. The maximum absolute atomic E-state index is 13.6. The van der Waals surface area contributed by atoms with Gasteiger partial charge in [-0.15, -0.1) is 0 Å². The summed E-state index contributed by atoms with van der Waals surface area (Å²) in [5, 5.41) is 4.53. The quantitative estimate of drug-likeness (QED) is 0.703. The summed E-state index contributed by atoms with van der Waals surface area (Å²) in [5.74, 6) is -1.40. The fourth-order valence-corrected chi connectivity index (χ4v) is 3.19. The van der Waals surface area contributed by atoms with Gasteiger partial charge in [-0.1, -0.05) is 18.2 Å². The van der Waals surface area contributed by atoms with Crippen LogP contribution in [0.2, 0.25) is 0 Å². The van der Waals surface area contributed by atoms with Crippen molar-refractivity contribution in [1.29, 1.82) is 0 Å². The highest BCUT2D eigenvalue weighted by Gasteiger charge is 2.28. The number of benzene rings is 2. The molecule has 0 saturated heterocycles. The van der Waals surface area contributed by atoms with Gasteiger partial charge in [-0.2, -0.15) is 5.10 Å². The normalized spacial score (nSPS) is 13.8. The highest BCUT2D eigenvalue weighted by atomic mass is 19.1. The van der Waals surface area contributed by atoms with Crippen molar-refractivity contribution in [3.8, 4) is 16.9 Å². The Morgan fingerprint density at radius 1 is 0.958 bits per heavy atom. The smallest absolute Gasteiger partial charge is 0.166 e. The van der Waals surface area contributed by atoms with Crippen LogP contribution in [-0.4, -0.2) is 15.6 Å². The molecule has 0 spiro atoms. The van der Waals surface area contributed by atoms with Crippen molar-refractivity contribution in [2.45, 2.75) is 19.3 Å². The number of rotatable bonds is 2. The average Bonchev–Trinajstić information content (AvgIpc) is 2.96. The number of hydrogen-bond acceptors (Lipinski definition) is 2.